The van der Waals surface area contributed by atoms with Gasteiger partial charge in [-0.3, -0.25) is 10.1 Å². The zero-order chi connectivity index (χ0) is 16.7. The molecule has 0 aliphatic carbocycles. The van der Waals surface area contributed by atoms with E-state index in [4.69, 9.17) is 28.6 Å². The van der Waals surface area contributed by atoms with E-state index in [1.807, 2.05) is 6.92 Å². The van der Waals surface area contributed by atoms with Crippen LogP contribution in [0.5, 0.6) is 5.75 Å². The summed E-state index contributed by atoms with van der Waals surface area (Å²) in [7, 11) is 0. The third kappa shape index (κ3) is 5.50. The molecule has 2 N–H and O–H groups in total. The topological polar surface area (TPSA) is 63.2 Å². The van der Waals surface area contributed by atoms with Gasteiger partial charge < -0.3 is 10.1 Å². The monoisotopic (exact) mass is 349 g/mol. The molecule has 0 saturated heterocycles. The van der Waals surface area contributed by atoms with Crippen molar-refractivity contribution in [1.29, 1.82) is 0 Å². The van der Waals surface area contributed by atoms with Gasteiger partial charge in [-0.2, -0.15) is 0 Å². The fraction of sp³-hybridized carbons (Fsp3) is 0.188. The van der Waals surface area contributed by atoms with Gasteiger partial charge in [0.05, 0.1) is 11.6 Å². The van der Waals surface area contributed by atoms with Crippen molar-refractivity contribution in [3.05, 3.63) is 53.2 Å². The van der Waals surface area contributed by atoms with Gasteiger partial charge >= 0.3 is 0 Å². The SMILES string of the molecule is CCCOc1ccc(C(=O)NC(=S)Nc2ccc(Cl)cn2)cc1. The molecule has 0 saturated carbocycles. The quantitative estimate of drug-likeness (QED) is 0.807. The molecule has 2 rings (SSSR count). The second-order valence-corrected chi connectivity index (χ2v) is 5.49. The fourth-order valence-corrected chi connectivity index (χ4v) is 2.00. The van der Waals surface area contributed by atoms with E-state index >= 15 is 0 Å². The van der Waals surface area contributed by atoms with Crippen LogP contribution in [0.3, 0.4) is 0 Å². The molecule has 0 fully saturated rings. The second-order valence-electron chi connectivity index (χ2n) is 4.64. The molecule has 1 heterocycles. The van der Waals surface area contributed by atoms with Crippen LogP contribution in [0.25, 0.3) is 0 Å². The van der Waals surface area contributed by atoms with Gasteiger partial charge in [0.2, 0.25) is 0 Å². The number of carbonyl (C=O) groups is 1. The number of nitrogens with zero attached hydrogens (tertiary/aromatic N) is 1. The molecule has 0 atom stereocenters. The minimum Gasteiger partial charge on any atom is -0.494 e. The van der Waals surface area contributed by atoms with Gasteiger partial charge in [0.25, 0.3) is 5.91 Å². The van der Waals surface area contributed by atoms with E-state index in [-0.39, 0.29) is 11.0 Å². The van der Waals surface area contributed by atoms with Gasteiger partial charge in [-0.15, -0.1) is 0 Å². The van der Waals surface area contributed by atoms with Crippen LogP contribution in [0.15, 0.2) is 42.6 Å². The summed E-state index contributed by atoms with van der Waals surface area (Å²) in [5.74, 6) is 0.927. The minimum absolute atomic E-state index is 0.163. The maximum Gasteiger partial charge on any atom is 0.257 e. The van der Waals surface area contributed by atoms with E-state index in [1.54, 1.807) is 36.4 Å². The lowest BCUT2D eigenvalue weighted by molar-refractivity contribution is 0.0977. The van der Waals surface area contributed by atoms with Crippen molar-refractivity contribution in [2.45, 2.75) is 13.3 Å². The molecule has 1 aromatic heterocycles. The maximum absolute atomic E-state index is 12.1. The molecule has 23 heavy (non-hydrogen) atoms. The van der Waals surface area contributed by atoms with E-state index in [0.717, 1.165) is 12.2 Å². The van der Waals surface area contributed by atoms with Crippen molar-refractivity contribution in [2.24, 2.45) is 0 Å². The second kappa shape index (κ2) is 8.45. The molecule has 120 valence electrons. The number of carbonyl (C=O) groups excluding carboxylic acids is 1. The van der Waals surface area contributed by atoms with Crippen LogP contribution in [0, 0.1) is 0 Å². The molecule has 0 aliphatic heterocycles. The van der Waals surface area contributed by atoms with Crippen molar-refractivity contribution >= 4 is 40.7 Å². The van der Waals surface area contributed by atoms with E-state index < -0.39 is 0 Å². The van der Waals surface area contributed by atoms with Crippen LogP contribution in [-0.4, -0.2) is 22.6 Å². The lowest BCUT2D eigenvalue weighted by atomic mass is 10.2. The molecular weight excluding hydrogens is 334 g/mol. The molecular formula is C16H16ClN3O2S. The lowest BCUT2D eigenvalue weighted by Gasteiger charge is -2.09. The van der Waals surface area contributed by atoms with Crippen LogP contribution >= 0.6 is 23.8 Å². The first-order valence-corrected chi connectivity index (χ1v) is 7.84. The number of hydrogen-bond acceptors (Lipinski definition) is 4. The molecule has 1 amide bonds. The van der Waals surface area contributed by atoms with E-state index in [9.17, 15) is 4.79 Å². The van der Waals surface area contributed by atoms with Crippen LogP contribution in [0.4, 0.5) is 5.82 Å². The average molecular weight is 350 g/mol. The highest BCUT2D eigenvalue weighted by Crippen LogP contribution is 2.13. The molecule has 0 spiro atoms. The number of pyridine rings is 1. The minimum atomic E-state index is -0.307. The van der Waals surface area contributed by atoms with Crippen molar-refractivity contribution in [2.75, 3.05) is 11.9 Å². The highest BCUT2D eigenvalue weighted by Gasteiger charge is 2.08. The summed E-state index contributed by atoms with van der Waals surface area (Å²) in [4.78, 5) is 16.1. The molecule has 0 bridgehead atoms. The Kier molecular flexibility index (Phi) is 6.31. The number of amides is 1. The number of anilines is 1. The molecule has 0 unspecified atom stereocenters. The summed E-state index contributed by atoms with van der Waals surface area (Å²) < 4.78 is 5.47. The summed E-state index contributed by atoms with van der Waals surface area (Å²) in [6, 6.07) is 10.2. The third-order valence-corrected chi connectivity index (χ3v) is 3.21. The van der Waals surface area contributed by atoms with Gasteiger partial charge in [-0.1, -0.05) is 18.5 Å². The number of halogens is 1. The molecule has 7 heteroatoms. The number of benzene rings is 1. The summed E-state index contributed by atoms with van der Waals surface area (Å²) in [5.41, 5.74) is 0.488. The zero-order valence-corrected chi connectivity index (χ0v) is 14.1. The summed E-state index contributed by atoms with van der Waals surface area (Å²) in [6.45, 7) is 2.68. The number of rotatable bonds is 5. The summed E-state index contributed by atoms with van der Waals surface area (Å²) >= 11 is 10.8. The molecule has 0 radical (unpaired) electrons. The van der Waals surface area contributed by atoms with Crippen molar-refractivity contribution < 1.29 is 9.53 Å². The van der Waals surface area contributed by atoms with Gasteiger partial charge in [0, 0.05) is 11.8 Å². The standard InChI is InChI=1S/C16H16ClN3O2S/c1-2-9-22-13-6-3-11(4-7-13)15(21)20-16(23)19-14-8-5-12(17)10-18-14/h3-8,10H,2,9H2,1H3,(H2,18,19,20,21,23). The van der Waals surface area contributed by atoms with Crippen LogP contribution in [0.2, 0.25) is 5.02 Å². The first-order chi connectivity index (χ1) is 11.1. The van der Waals surface area contributed by atoms with Gasteiger partial charge in [-0.25, -0.2) is 4.98 Å². The first-order valence-electron chi connectivity index (χ1n) is 7.05. The highest BCUT2D eigenvalue weighted by molar-refractivity contribution is 7.80. The largest absolute Gasteiger partial charge is 0.494 e. The van der Waals surface area contributed by atoms with E-state index in [0.29, 0.717) is 23.0 Å². The number of ether oxygens (including phenoxy) is 1. The normalized spacial score (nSPS) is 10.0. The molecule has 0 aliphatic rings. The average Bonchev–Trinajstić information content (AvgIpc) is 2.55. The van der Waals surface area contributed by atoms with E-state index in [1.165, 1.54) is 6.20 Å². The summed E-state index contributed by atoms with van der Waals surface area (Å²) in [5, 5.41) is 6.09. The Morgan fingerprint density at radius 3 is 2.61 bits per heavy atom. The fourth-order valence-electron chi connectivity index (χ4n) is 1.70. The maximum atomic E-state index is 12.1. The van der Waals surface area contributed by atoms with Crippen LogP contribution in [0.1, 0.15) is 23.7 Å². The molecule has 5 nitrogen and oxygen atoms in total. The predicted octanol–water partition coefficient (Wildman–Crippen LogP) is 3.65. The van der Waals surface area contributed by atoms with Crippen molar-refractivity contribution in [3.8, 4) is 5.75 Å². The molecule has 2 aromatic rings. The Hall–Kier alpha value is -2.18. The Balaban J connectivity index is 1.90. The smallest absolute Gasteiger partial charge is 0.257 e. The highest BCUT2D eigenvalue weighted by atomic mass is 35.5. The predicted molar refractivity (Wildman–Crippen MR) is 95.2 cm³/mol. The first kappa shape index (κ1) is 17.2. The number of aromatic nitrogens is 1. The zero-order valence-electron chi connectivity index (χ0n) is 12.5. The number of thiocarbonyl (C=S) groups is 1. The van der Waals surface area contributed by atoms with Gasteiger partial charge in [-0.05, 0) is 55.0 Å². The number of nitrogens with one attached hydrogen (secondary N) is 2. The van der Waals surface area contributed by atoms with Crippen LogP contribution < -0.4 is 15.4 Å². The van der Waals surface area contributed by atoms with Crippen molar-refractivity contribution in [3.63, 3.8) is 0 Å². The molecule has 1 aromatic carbocycles. The number of hydrogen-bond donors (Lipinski definition) is 2. The third-order valence-electron chi connectivity index (χ3n) is 2.79. The van der Waals surface area contributed by atoms with Gasteiger partial charge in [0.15, 0.2) is 5.11 Å². The van der Waals surface area contributed by atoms with Gasteiger partial charge in [0.1, 0.15) is 11.6 Å². The Labute approximate surface area is 145 Å². The Morgan fingerprint density at radius 1 is 1.26 bits per heavy atom. The lowest BCUT2D eigenvalue weighted by Crippen LogP contribution is -2.34. The Morgan fingerprint density at radius 2 is 2.00 bits per heavy atom. The Bertz CT molecular complexity index is 675. The summed E-state index contributed by atoms with van der Waals surface area (Å²) in [6.07, 6.45) is 2.42. The van der Waals surface area contributed by atoms with Crippen molar-refractivity contribution in [1.82, 2.24) is 10.3 Å². The van der Waals surface area contributed by atoms with E-state index in [2.05, 4.69) is 15.6 Å². The van der Waals surface area contributed by atoms with Crippen LogP contribution in [-0.2, 0) is 0 Å².